The van der Waals surface area contributed by atoms with Crippen molar-refractivity contribution in [1.82, 2.24) is 15.5 Å². The number of carbonyl (C=O) groups is 1. The lowest BCUT2D eigenvalue weighted by Crippen LogP contribution is -2.50. The van der Waals surface area contributed by atoms with Gasteiger partial charge in [0, 0.05) is 26.2 Å². The molecule has 3 aliphatic rings. The molecule has 1 aromatic rings. The van der Waals surface area contributed by atoms with E-state index >= 15 is 0 Å². The van der Waals surface area contributed by atoms with Crippen molar-refractivity contribution in [3.05, 3.63) is 35.4 Å². The summed E-state index contributed by atoms with van der Waals surface area (Å²) in [5, 5.41) is 6.86. The predicted molar refractivity (Wildman–Crippen MR) is 107 cm³/mol. The van der Waals surface area contributed by atoms with Crippen LogP contribution in [-0.2, 0) is 9.53 Å². The van der Waals surface area contributed by atoms with Crippen molar-refractivity contribution in [3.8, 4) is 0 Å². The van der Waals surface area contributed by atoms with Crippen LogP contribution in [0.15, 0.2) is 24.3 Å². The summed E-state index contributed by atoms with van der Waals surface area (Å²) in [4.78, 5) is 15.8. The molecule has 5 nitrogen and oxygen atoms in total. The zero-order chi connectivity index (χ0) is 18.7. The van der Waals surface area contributed by atoms with Gasteiger partial charge in [-0.3, -0.25) is 9.69 Å². The third kappa shape index (κ3) is 3.91. The molecule has 2 saturated heterocycles. The van der Waals surface area contributed by atoms with Crippen molar-refractivity contribution in [1.29, 1.82) is 0 Å². The molecule has 2 N–H and O–H groups in total. The number of fused-ring (bicyclic) bond motifs is 1. The smallest absolute Gasteiger partial charge is 0.227 e. The van der Waals surface area contributed by atoms with Gasteiger partial charge in [0.25, 0.3) is 0 Å². The lowest BCUT2D eigenvalue weighted by molar-refractivity contribution is -0.134. The quantitative estimate of drug-likeness (QED) is 0.834. The van der Waals surface area contributed by atoms with E-state index in [4.69, 9.17) is 4.74 Å². The summed E-state index contributed by atoms with van der Waals surface area (Å²) in [5.74, 6) is 0.773. The second kappa shape index (κ2) is 8.29. The van der Waals surface area contributed by atoms with Crippen LogP contribution in [-0.4, -0.2) is 56.7 Å². The third-order valence-corrected chi connectivity index (χ3v) is 6.86. The number of hydrogen-bond acceptors (Lipinski definition) is 4. The van der Waals surface area contributed by atoms with Crippen molar-refractivity contribution in [2.24, 2.45) is 11.3 Å². The molecule has 2 aliphatic heterocycles. The van der Waals surface area contributed by atoms with E-state index < -0.39 is 0 Å². The van der Waals surface area contributed by atoms with Gasteiger partial charge in [-0.05, 0) is 37.8 Å². The van der Waals surface area contributed by atoms with Crippen LogP contribution >= 0.6 is 0 Å². The minimum atomic E-state index is -0.180. The van der Waals surface area contributed by atoms with Crippen LogP contribution in [0, 0.1) is 18.3 Å². The number of benzene rings is 1. The second-order valence-corrected chi connectivity index (χ2v) is 8.52. The molecule has 1 aromatic carbocycles. The first kappa shape index (κ1) is 18.9. The standard InChI is InChI=1S/C22H33N3O2/c1-17-5-4-6-18(13-17)20(25-9-11-27-12-10-25)15-24-21(26)22-8-3-2-7-19(22)14-23-16-22/h4-6,13,19-20,23H,2-3,7-12,14-16H2,1H3,(H,24,26)/t19-,20?,22+/m0/s1. The fourth-order valence-corrected chi connectivity index (χ4v) is 5.28. The molecule has 148 valence electrons. The minimum absolute atomic E-state index is 0.180. The molecule has 1 saturated carbocycles. The number of hydrogen-bond donors (Lipinski definition) is 2. The van der Waals surface area contributed by atoms with Crippen molar-refractivity contribution in [3.63, 3.8) is 0 Å². The van der Waals surface area contributed by atoms with Crippen LogP contribution < -0.4 is 10.6 Å². The molecule has 0 spiro atoms. The van der Waals surface area contributed by atoms with Crippen molar-refractivity contribution in [2.75, 3.05) is 45.9 Å². The highest BCUT2D eigenvalue weighted by atomic mass is 16.5. The van der Waals surface area contributed by atoms with E-state index in [1.807, 2.05) is 0 Å². The SMILES string of the molecule is Cc1cccc(C(CNC(=O)[C@@]23CCCC[C@H]2CNC3)N2CCOCC2)c1. The molecule has 27 heavy (non-hydrogen) atoms. The number of nitrogens with zero attached hydrogens (tertiary/aromatic N) is 1. The van der Waals surface area contributed by atoms with Crippen molar-refractivity contribution in [2.45, 2.75) is 38.6 Å². The topological polar surface area (TPSA) is 53.6 Å². The summed E-state index contributed by atoms with van der Waals surface area (Å²) in [6.07, 6.45) is 4.66. The van der Waals surface area contributed by atoms with Gasteiger partial charge in [0.1, 0.15) is 0 Å². The average Bonchev–Trinajstić information content (AvgIpc) is 3.14. The van der Waals surface area contributed by atoms with Gasteiger partial charge >= 0.3 is 0 Å². The molecule has 3 fully saturated rings. The Morgan fingerprint density at radius 1 is 1.37 bits per heavy atom. The number of amides is 1. The Balaban J connectivity index is 1.49. The van der Waals surface area contributed by atoms with E-state index in [0.717, 1.165) is 45.8 Å². The first-order valence-corrected chi connectivity index (χ1v) is 10.6. The van der Waals surface area contributed by atoms with Crippen LogP contribution in [0.3, 0.4) is 0 Å². The summed E-state index contributed by atoms with van der Waals surface area (Å²) in [5.41, 5.74) is 2.38. The summed E-state index contributed by atoms with van der Waals surface area (Å²) in [6, 6.07) is 8.92. The van der Waals surface area contributed by atoms with Crippen molar-refractivity contribution >= 4 is 5.91 Å². The normalized spacial score (nSPS) is 29.9. The van der Waals surface area contributed by atoms with Crippen molar-refractivity contribution < 1.29 is 9.53 Å². The first-order valence-electron chi connectivity index (χ1n) is 10.6. The van der Waals surface area contributed by atoms with E-state index in [9.17, 15) is 4.79 Å². The van der Waals surface area contributed by atoms with Gasteiger partial charge in [0.2, 0.25) is 5.91 Å². The first-order chi connectivity index (χ1) is 13.2. The number of nitrogens with one attached hydrogen (secondary N) is 2. The van der Waals surface area contributed by atoms with Crippen LogP contribution in [0.25, 0.3) is 0 Å². The molecular weight excluding hydrogens is 338 g/mol. The van der Waals surface area contributed by atoms with Gasteiger partial charge in [0.15, 0.2) is 0 Å². The average molecular weight is 372 g/mol. The van der Waals surface area contributed by atoms with Gasteiger partial charge in [-0.25, -0.2) is 0 Å². The monoisotopic (exact) mass is 371 g/mol. The number of rotatable bonds is 5. The van der Waals surface area contributed by atoms with Gasteiger partial charge in [-0.15, -0.1) is 0 Å². The maximum Gasteiger partial charge on any atom is 0.227 e. The van der Waals surface area contributed by atoms with E-state index in [1.54, 1.807) is 0 Å². The van der Waals surface area contributed by atoms with E-state index in [-0.39, 0.29) is 17.4 Å². The maximum absolute atomic E-state index is 13.3. The molecule has 1 aliphatic carbocycles. The molecule has 5 heteroatoms. The van der Waals surface area contributed by atoms with Crippen LogP contribution in [0.1, 0.15) is 42.9 Å². The van der Waals surface area contributed by atoms with Gasteiger partial charge in [-0.2, -0.15) is 0 Å². The molecular formula is C22H33N3O2. The summed E-state index contributed by atoms with van der Waals surface area (Å²) < 4.78 is 5.55. The lowest BCUT2D eigenvalue weighted by atomic mass is 9.67. The molecule has 1 unspecified atom stereocenters. The Morgan fingerprint density at radius 3 is 3.04 bits per heavy atom. The van der Waals surface area contributed by atoms with Gasteiger partial charge < -0.3 is 15.4 Å². The molecule has 0 aromatic heterocycles. The van der Waals surface area contributed by atoms with Crippen LogP contribution in [0.4, 0.5) is 0 Å². The fraction of sp³-hybridized carbons (Fsp3) is 0.682. The summed E-state index contributed by atoms with van der Waals surface area (Å²) in [6.45, 7) is 8.03. The Hall–Kier alpha value is -1.43. The number of morpholine rings is 1. The van der Waals surface area contributed by atoms with Gasteiger partial charge in [-0.1, -0.05) is 42.7 Å². The lowest BCUT2D eigenvalue weighted by Gasteiger charge is -2.39. The number of aryl methyl sites for hydroxylation is 1. The molecule has 3 atom stereocenters. The van der Waals surface area contributed by atoms with Crippen LogP contribution in [0.5, 0.6) is 0 Å². The Bertz CT molecular complexity index is 659. The van der Waals surface area contributed by atoms with E-state index in [2.05, 4.69) is 46.7 Å². The zero-order valence-electron chi connectivity index (χ0n) is 16.5. The molecule has 0 radical (unpaired) electrons. The fourth-order valence-electron chi connectivity index (χ4n) is 5.28. The zero-order valence-corrected chi connectivity index (χ0v) is 16.5. The molecule has 1 amide bonds. The largest absolute Gasteiger partial charge is 0.379 e. The highest BCUT2D eigenvalue weighted by molar-refractivity contribution is 5.84. The van der Waals surface area contributed by atoms with E-state index in [0.29, 0.717) is 12.5 Å². The second-order valence-electron chi connectivity index (χ2n) is 8.52. The van der Waals surface area contributed by atoms with E-state index in [1.165, 1.54) is 30.4 Å². The number of carbonyl (C=O) groups excluding carboxylic acids is 1. The highest BCUT2D eigenvalue weighted by Gasteiger charge is 2.49. The Kier molecular flexibility index (Phi) is 5.81. The van der Waals surface area contributed by atoms with Crippen LogP contribution in [0.2, 0.25) is 0 Å². The Labute approximate surface area is 162 Å². The third-order valence-electron chi connectivity index (χ3n) is 6.86. The summed E-state index contributed by atoms with van der Waals surface area (Å²) in [7, 11) is 0. The number of ether oxygens (including phenoxy) is 1. The minimum Gasteiger partial charge on any atom is -0.379 e. The molecule has 0 bridgehead atoms. The summed E-state index contributed by atoms with van der Waals surface area (Å²) >= 11 is 0. The molecule has 4 rings (SSSR count). The maximum atomic E-state index is 13.3. The molecule has 2 heterocycles. The Morgan fingerprint density at radius 2 is 2.22 bits per heavy atom. The predicted octanol–water partition coefficient (Wildman–Crippen LogP) is 2.26. The van der Waals surface area contributed by atoms with Gasteiger partial charge in [0.05, 0.1) is 24.7 Å². The highest BCUT2D eigenvalue weighted by Crippen LogP contribution is 2.44.